The molecular formula is C15H19N5O2S. The predicted molar refractivity (Wildman–Crippen MR) is 91.0 cm³/mol. The molecular weight excluding hydrogens is 314 g/mol. The molecule has 0 aliphatic rings. The van der Waals surface area contributed by atoms with Crippen molar-refractivity contribution in [2.75, 3.05) is 24.8 Å². The van der Waals surface area contributed by atoms with Crippen molar-refractivity contribution in [2.45, 2.75) is 12.1 Å². The van der Waals surface area contributed by atoms with E-state index in [1.54, 1.807) is 41.2 Å². The lowest BCUT2D eigenvalue weighted by Gasteiger charge is -2.16. The number of carbonyl (C=O) groups is 1. The number of nitrogens with zero attached hydrogens (tertiary/aromatic N) is 5. The van der Waals surface area contributed by atoms with Gasteiger partial charge >= 0.3 is 0 Å². The lowest BCUT2D eigenvalue weighted by atomic mass is 10.3. The minimum atomic E-state index is -0.137. The van der Waals surface area contributed by atoms with Crippen molar-refractivity contribution in [2.24, 2.45) is 12.2 Å². The Morgan fingerprint density at radius 1 is 1.48 bits per heavy atom. The Bertz CT molecular complexity index is 699. The molecule has 1 amide bonds. The highest BCUT2D eigenvalue weighted by atomic mass is 32.2. The maximum atomic E-state index is 12.6. The van der Waals surface area contributed by atoms with Crippen LogP contribution in [0.5, 0.6) is 0 Å². The van der Waals surface area contributed by atoms with Crippen molar-refractivity contribution >= 4 is 29.1 Å². The Morgan fingerprint density at radius 3 is 2.91 bits per heavy atom. The molecule has 0 aromatic carbocycles. The van der Waals surface area contributed by atoms with E-state index in [4.69, 9.17) is 4.84 Å². The van der Waals surface area contributed by atoms with E-state index in [2.05, 4.69) is 15.1 Å². The number of aromatic nitrogens is 3. The molecule has 0 radical (unpaired) electrons. The van der Waals surface area contributed by atoms with Crippen molar-refractivity contribution < 1.29 is 9.63 Å². The molecule has 0 spiro atoms. The Balaban J connectivity index is 2.12. The largest absolute Gasteiger partial charge is 0.399 e. The van der Waals surface area contributed by atoms with E-state index >= 15 is 0 Å². The fourth-order valence-electron chi connectivity index (χ4n) is 1.92. The lowest BCUT2D eigenvalue weighted by molar-refractivity contribution is 0.0984. The van der Waals surface area contributed by atoms with Gasteiger partial charge in [0.25, 0.3) is 5.91 Å². The normalized spacial score (nSPS) is 11.4. The van der Waals surface area contributed by atoms with Gasteiger partial charge in [-0.1, -0.05) is 16.9 Å². The molecule has 0 atom stereocenters. The highest BCUT2D eigenvalue weighted by Gasteiger charge is 2.19. The molecule has 122 valence electrons. The third-order valence-corrected chi connectivity index (χ3v) is 4.36. The summed E-state index contributed by atoms with van der Waals surface area (Å²) in [6, 6.07) is 3.63. The van der Waals surface area contributed by atoms with Crippen LogP contribution in [0.25, 0.3) is 0 Å². The molecule has 23 heavy (non-hydrogen) atoms. The van der Waals surface area contributed by atoms with Crippen LogP contribution in [0.2, 0.25) is 0 Å². The summed E-state index contributed by atoms with van der Waals surface area (Å²) in [6.45, 7) is 1.88. The molecule has 2 aromatic heterocycles. The Labute approximate surface area is 139 Å². The van der Waals surface area contributed by atoms with Crippen LogP contribution >= 0.6 is 11.8 Å². The van der Waals surface area contributed by atoms with Gasteiger partial charge in [0.2, 0.25) is 0 Å². The second-order valence-corrected chi connectivity index (χ2v) is 5.80. The second kappa shape index (κ2) is 7.77. The maximum absolute atomic E-state index is 12.6. The summed E-state index contributed by atoms with van der Waals surface area (Å²) in [5.74, 6) is 0.507. The zero-order valence-corrected chi connectivity index (χ0v) is 14.4. The van der Waals surface area contributed by atoms with Crippen molar-refractivity contribution in [1.82, 2.24) is 14.5 Å². The lowest BCUT2D eigenvalue weighted by Crippen LogP contribution is -2.28. The van der Waals surface area contributed by atoms with E-state index < -0.39 is 0 Å². The van der Waals surface area contributed by atoms with Crippen LogP contribution in [0.4, 0.5) is 5.69 Å². The minimum Gasteiger partial charge on any atom is -0.399 e. The molecule has 0 N–H and O–H groups in total. The van der Waals surface area contributed by atoms with Crippen LogP contribution in [0.15, 0.2) is 41.0 Å². The molecule has 2 aromatic rings. The number of rotatable bonds is 6. The number of imidazole rings is 1. The molecule has 0 saturated heterocycles. The summed E-state index contributed by atoms with van der Waals surface area (Å²) in [5, 5.41) is 4.60. The Morgan fingerprint density at radius 2 is 2.26 bits per heavy atom. The number of oxime groups is 1. The van der Waals surface area contributed by atoms with E-state index in [9.17, 15) is 4.79 Å². The second-order valence-electron chi connectivity index (χ2n) is 4.86. The van der Waals surface area contributed by atoms with Gasteiger partial charge in [-0.15, -0.1) is 0 Å². The fraction of sp³-hybridized carbons (Fsp3) is 0.333. The predicted octanol–water partition coefficient (Wildman–Crippen LogP) is 2.21. The van der Waals surface area contributed by atoms with Gasteiger partial charge in [-0.25, -0.2) is 4.98 Å². The molecule has 0 bridgehead atoms. The standard InChI is InChI=1S/C15H19N5O2S/c1-11(18-22-4)10-23-15-17-9-13(20(15)3)14(21)19(2)12-6-5-7-16-8-12/h5-9H,10H2,1-4H3/b18-11-. The van der Waals surface area contributed by atoms with Crippen molar-refractivity contribution in [3.63, 3.8) is 0 Å². The van der Waals surface area contributed by atoms with Crippen LogP contribution in [-0.2, 0) is 11.9 Å². The van der Waals surface area contributed by atoms with Gasteiger partial charge in [-0.3, -0.25) is 9.78 Å². The first-order valence-electron chi connectivity index (χ1n) is 6.93. The zero-order valence-electron chi connectivity index (χ0n) is 13.6. The van der Waals surface area contributed by atoms with Crippen LogP contribution in [0.3, 0.4) is 0 Å². The SMILES string of the molecule is CO/N=C(/C)CSc1ncc(C(=O)N(C)c2cccnc2)n1C. The summed E-state index contributed by atoms with van der Waals surface area (Å²) >= 11 is 1.50. The molecule has 0 aliphatic carbocycles. The first-order valence-corrected chi connectivity index (χ1v) is 7.92. The molecule has 0 unspecified atom stereocenters. The number of anilines is 1. The summed E-state index contributed by atoms with van der Waals surface area (Å²) in [6.07, 6.45) is 4.90. The maximum Gasteiger partial charge on any atom is 0.276 e. The zero-order chi connectivity index (χ0) is 16.8. The summed E-state index contributed by atoms with van der Waals surface area (Å²) < 4.78 is 1.78. The average Bonchev–Trinajstić information content (AvgIpc) is 2.93. The van der Waals surface area contributed by atoms with Gasteiger partial charge in [0.1, 0.15) is 12.8 Å². The van der Waals surface area contributed by atoms with Crippen molar-refractivity contribution in [3.8, 4) is 0 Å². The molecule has 0 saturated carbocycles. The average molecular weight is 333 g/mol. The number of carbonyl (C=O) groups excluding carboxylic acids is 1. The fourth-order valence-corrected chi connectivity index (χ4v) is 2.73. The molecule has 2 rings (SSSR count). The molecule has 8 heteroatoms. The summed E-state index contributed by atoms with van der Waals surface area (Å²) in [5.41, 5.74) is 2.09. The monoisotopic (exact) mass is 333 g/mol. The van der Waals surface area contributed by atoms with Gasteiger partial charge in [0.05, 0.1) is 23.8 Å². The third kappa shape index (κ3) is 4.10. The van der Waals surface area contributed by atoms with E-state index in [1.807, 2.05) is 20.0 Å². The van der Waals surface area contributed by atoms with Gasteiger partial charge in [-0.05, 0) is 19.1 Å². The molecule has 7 nitrogen and oxygen atoms in total. The number of thioether (sulfide) groups is 1. The highest BCUT2D eigenvalue weighted by Crippen LogP contribution is 2.20. The van der Waals surface area contributed by atoms with E-state index in [-0.39, 0.29) is 5.91 Å². The number of hydrogen-bond donors (Lipinski definition) is 0. The van der Waals surface area contributed by atoms with Gasteiger partial charge < -0.3 is 14.3 Å². The van der Waals surface area contributed by atoms with Crippen LogP contribution in [-0.4, -0.2) is 46.1 Å². The quantitative estimate of drug-likeness (QED) is 0.460. The first-order chi connectivity index (χ1) is 11.0. The van der Waals surface area contributed by atoms with E-state index in [0.717, 1.165) is 16.6 Å². The van der Waals surface area contributed by atoms with E-state index in [0.29, 0.717) is 11.4 Å². The number of hydrogen-bond acceptors (Lipinski definition) is 6. The number of pyridine rings is 1. The van der Waals surface area contributed by atoms with Gasteiger partial charge in [0.15, 0.2) is 5.16 Å². The minimum absolute atomic E-state index is 0.137. The van der Waals surface area contributed by atoms with Gasteiger partial charge in [-0.2, -0.15) is 0 Å². The first kappa shape index (κ1) is 17.0. The van der Waals surface area contributed by atoms with E-state index in [1.165, 1.54) is 18.9 Å². The molecule has 0 aliphatic heterocycles. The topological polar surface area (TPSA) is 72.6 Å². The smallest absolute Gasteiger partial charge is 0.276 e. The van der Waals surface area contributed by atoms with Crippen LogP contribution < -0.4 is 4.90 Å². The summed E-state index contributed by atoms with van der Waals surface area (Å²) in [4.78, 5) is 27.2. The van der Waals surface area contributed by atoms with Gasteiger partial charge in [0, 0.05) is 26.0 Å². The highest BCUT2D eigenvalue weighted by molar-refractivity contribution is 7.99. The Hall–Kier alpha value is -2.35. The molecule has 2 heterocycles. The Kier molecular flexibility index (Phi) is 5.75. The number of amides is 1. The van der Waals surface area contributed by atoms with Crippen LogP contribution in [0.1, 0.15) is 17.4 Å². The van der Waals surface area contributed by atoms with Crippen LogP contribution in [0, 0.1) is 0 Å². The third-order valence-electron chi connectivity index (χ3n) is 3.16. The molecule has 0 fully saturated rings. The van der Waals surface area contributed by atoms with Crippen molar-refractivity contribution in [3.05, 3.63) is 36.4 Å². The summed E-state index contributed by atoms with van der Waals surface area (Å²) in [7, 11) is 5.05. The van der Waals surface area contributed by atoms with Crippen molar-refractivity contribution in [1.29, 1.82) is 0 Å².